The number of rotatable bonds is 4. The molecule has 6 atom stereocenters. The van der Waals surface area contributed by atoms with Crippen LogP contribution in [0.5, 0.6) is 23.0 Å². The molecule has 0 spiro atoms. The van der Waals surface area contributed by atoms with E-state index in [1.807, 2.05) is 0 Å². The maximum Gasteiger partial charge on any atom is 0.246 e. The zero-order valence-electron chi connectivity index (χ0n) is 33.8. The minimum absolute atomic E-state index is 0.0265. The molecule has 0 saturated carbocycles. The highest BCUT2D eigenvalue weighted by molar-refractivity contribution is 5.98. The van der Waals surface area contributed by atoms with Gasteiger partial charge >= 0.3 is 0 Å². The van der Waals surface area contributed by atoms with Crippen molar-refractivity contribution in [3.8, 4) is 23.0 Å². The Morgan fingerprint density at radius 1 is 0.638 bits per heavy atom. The van der Waals surface area contributed by atoms with E-state index in [-0.39, 0.29) is 32.1 Å². The van der Waals surface area contributed by atoms with Gasteiger partial charge in [0.25, 0.3) is 0 Å². The van der Waals surface area contributed by atoms with Gasteiger partial charge in [0.1, 0.15) is 47.8 Å². The smallest absolute Gasteiger partial charge is 0.246 e. The highest BCUT2D eigenvalue weighted by atomic mass is 16.5. The monoisotopic (exact) mass is 796 g/mol. The van der Waals surface area contributed by atoms with Crippen LogP contribution in [0.4, 0.5) is 0 Å². The van der Waals surface area contributed by atoms with Crippen molar-refractivity contribution >= 4 is 35.4 Å². The van der Waals surface area contributed by atoms with Gasteiger partial charge in [-0.2, -0.15) is 0 Å². The quantitative estimate of drug-likeness (QED) is 0.358. The second-order valence-corrected chi connectivity index (χ2v) is 15.2. The van der Waals surface area contributed by atoms with Crippen LogP contribution in [-0.4, -0.2) is 122 Å². The molecule has 3 N–H and O–H groups in total. The molecule has 0 aromatic heterocycles. The van der Waals surface area contributed by atoms with E-state index in [2.05, 4.69) is 16.0 Å². The van der Waals surface area contributed by atoms with E-state index in [9.17, 15) is 28.8 Å². The summed E-state index contributed by atoms with van der Waals surface area (Å²) in [5.74, 6) is -1.30. The molecule has 4 aliphatic rings. The van der Waals surface area contributed by atoms with Gasteiger partial charge in [0.05, 0.1) is 14.2 Å². The summed E-state index contributed by atoms with van der Waals surface area (Å²) in [6.45, 7) is 1.52. The number of hydrogen-bond acceptors (Lipinski definition) is 9. The SMILES string of the molecule is COc1ccc(C[C@H]2C(=O)N[C@H]3CCCC[C@H](NC(=O)[C@@H]4Cc5ccc(OC)c(c5)Oc5ccc(cc5)C[C@@H](C(=O)N4C)N(C)C3=O)C(=O)N[C@@H](C)C(=O)N2C)cc1. The normalized spacial score (nSPS) is 25.0. The molecule has 8 bridgehead atoms. The molecule has 2 fully saturated rings. The van der Waals surface area contributed by atoms with Crippen LogP contribution in [0.1, 0.15) is 49.3 Å². The Morgan fingerprint density at radius 3 is 1.93 bits per heavy atom. The van der Waals surface area contributed by atoms with Gasteiger partial charge in [0.2, 0.25) is 35.4 Å². The Bertz CT molecular complexity index is 2020. The molecule has 308 valence electrons. The second-order valence-electron chi connectivity index (χ2n) is 15.2. The maximum absolute atomic E-state index is 14.8. The van der Waals surface area contributed by atoms with Crippen molar-refractivity contribution in [2.24, 2.45) is 0 Å². The third kappa shape index (κ3) is 9.19. The van der Waals surface area contributed by atoms with E-state index in [0.717, 1.165) is 5.56 Å². The zero-order chi connectivity index (χ0) is 41.7. The van der Waals surface area contributed by atoms with E-state index >= 15 is 0 Å². The third-order valence-electron chi connectivity index (χ3n) is 11.4. The fourth-order valence-corrected chi connectivity index (χ4v) is 7.76. The molecule has 58 heavy (non-hydrogen) atoms. The number of carbonyl (C=O) groups excluding carboxylic acids is 6. The molecule has 3 aromatic carbocycles. The Hall–Kier alpha value is -6.12. The number of carbonyl (C=O) groups is 6. The van der Waals surface area contributed by atoms with Crippen LogP contribution in [0.25, 0.3) is 0 Å². The number of nitrogens with zero attached hydrogens (tertiary/aromatic N) is 3. The molecule has 2 saturated heterocycles. The van der Waals surface area contributed by atoms with E-state index in [1.54, 1.807) is 73.8 Å². The Balaban J connectivity index is 1.46. The van der Waals surface area contributed by atoms with Crippen LogP contribution in [0.2, 0.25) is 0 Å². The van der Waals surface area contributed by atoms with Crippen molar-refractivity contribution in [3.05, 3.63) is 83.4 Å². The first-order valence-corrected chi connectivity index (χ1v) is 19.6. The van der Waals surface area contributed by atoms with Gasteiger partial charge in [-0.05, 0) is 72.9 Å². The summed E-state index contributed by atoms with van der Waals surface area (Å²) in [4.78, 5) is 90.4. The molecule has 15 nitrogen and oxygen atoms in total. The van der Waals surface area contributed by atoms with Crippen molar-refractivity contribution in [2.45, 2.75) is 88.1 Å². The Labute approximate surface area is 338 Å². The minimum Gasteiger partial charge on any atom is -0.497 e. The average Bonchev–Trinajstić information content (AvgIpc) is 3.22. The molecule has 6 amide bonds. The second kappa shape index (κ2) is 18.0. The third-order valence-corrected chi connectivity index (χ3v) is 11.4. The first-order valence-electron chi connectivity index (χ1n) is 19.6. The highest BCUT2D eigenvalue weighted by Gasteiger charge is 2.40. The lowest BCUT2D eigenvalue weighted by atomic mass is 9.96. The highest BCUT2D eigenvalue weighted by Crippen LogP contribution is 2.34. The van der Waals surface area contributed by atoms with Crippen LogP contribution in [0.3, 0.4) is 0 Å². The van der Waals surface area contributed by atoms with Gasteiger partial charge in [0.15, 0.2) is 11.5 Å². The number of methoxy groups -OCH3 is 2. The predicted octanol–water partition coefficient (Wildman–Crippen LogP) is 2.38. The summed E-state index contributed by atoms with van der Waals surface area (Å²) in [6.07, 6.45) is 1.34. The van der Waals surface area contributed by atoms with Gasteiger partial charge in [-0.3, -0.25) is 28.8 Å². The number of benzene rings is 3. The number of likely N-dealkylation sites (N-methyl/N-ethyl adjacent to an activating group) is 3. The molecule has 4 heterocycles. The maximum atomic E-state index is 14.8. The lowest BCUT2D eigenvalue weighted by molar-refractivity contribution is -0.150. The largest absolute Gasteiger partial charge is 0.497 e. The topological polar surface area (TPSA) is 176 Å². The number of nitrogens with one attached hydrogen (secondary N) is 3. The lowest BCUT2D eigenvalue weighted by Gasteiger charge is -2.38. The average molecular weight is 797 g/mol. The van der Waals surface area contributed by atoms with Crippen molar-refractivity contribution in [2.75, 3.05) is 35.4 Å². The molecule has 0 radical (unpaired) electrons. The van der Waals surface area contributed by atoms with Gasteiger partial charge in [-0.25, -0.2) is 0 Å². The number of ether oxygens (including phenoxy) is 3. The van der Waals surface area contributed by atoms with Gasteiger partial charge < -0.3 is 44.9 Å². The first kappa shape index (κ1) is 41.5. The lowest BCUT2D eigenvalue weighted by Crippen LogP contribution is -2.62. The van der Waals surface area contributed by atoms with Crippen molar-refractivity contribution in [1.82, 2.24) is 30.7 Å². The standard InChI is InChI=1S/C43H52N6O9/c1-25-41(53)47(2)33(21-26-11-16-29(56-5)17-12-26)40(52)46-32-10-8-7-9-31(38(50)44-25)45-39(51)34-23-28-15-20-36(57-6)37(24-28)58-30-18-13-27(14-19-30)22-35(43(55)48(34)3)49(4)42(32)54/h11-20,24-25,31-35H,7-10,21-23H2,1-6H3,(H,44,50)(H,45,51)(H,46,52)/t25-,31-,32-,33-,34-,35-/m0/s1. The first-order chi connectivity index (χ1) is 27.8. The summed E-state index contributed by atoms with van der Waals surface area (Å²) in [7, 11) is 7.59. The molecular weight excluding hydrogens is 745 g/mol. The summed E-state index contributed by atoms with van der Waals surface area (Å²) in [6, 6.07) is 12.9. The van der Waals surface area contributed by atoms with Crippen molar-refractivity contribution in [3.63, 3.8) is 0 Å². The molecule has 0 unspecified atom stereocenters. The molecule has 0 aliphatic carbocycles. The fraction of sp³-hybridized carbons (Fsp3) is 0.442. The fourth-order valence-electron chi connectivity index (χ4n) is 7.76. The van der Waals surface area contributed by atoms with E-state index in [1.165, 1.54) is 49.9 Å². The van der Waals surface area contributed by atoms with Crippen LogP contribution >= 0.6 is 0 Å². The van der Waals surface area contributed by atoms with Gasteiger partial charge in [-0.15, -0.1) is 0 Å². The molecule has 4 aliphatic heterocycles. The Kier molecular flexibility index (Phi) is 12.9. The molecular formula is C43H52N6O9. The van der Waals surface area contributed by atoms with Crippen LogP contribution in [0, 0.1) is 0 Å². The van der Waals surface area contributed by atoms with Gasteiger partial charge in [0, 0.05) is 40.4 Å². The zero-order valence-corrected chi connectivity index (χ0v) is 33.8. The van der Waals surface area contributed by atoms with E-state index in [0.29, 0.717) is 47.0 Å². The van der Waals surface area contributed by atoms with E-state index < -0.39 is 71.7 Å². The van der Waals surface area contributed by atoms with Crippen molar-refractivity contribution in [1.29, 1.82) is 0 Å². The number of fused-ring (bicyclic) bond motifs is 7. The van der Waals surface area contributed by atoms with Gasteiger partial charge in [-0.1, -0.05) is 43.2 Å². The minimum atomic E-state index is -1.14. The summed E-state index contributed by atoms with van der Waals surface area (Å²) in [5, 5.41) is 8.64. The molecule has 7 rings (SSSR count). The Morgan fingerprint density at radius 2 is 1.26 bits per heavy atom. The summed E-state index contributed by atoms with van der Waals surface area (Å²) >= 11 is 0. The van der Waals surface area contributed by atoms with Crippen LogP contribution in [0.15, 0.2) is 66.7 Å². The van der Waals surface area contributed by atoms with Crippen LogP contribution < -0.4 is 30.2 Å². The summed E-state index contributed by atoms with van der Waals surface area (Å²) in [5.41, 5.74) is 2.09. The van der Waals surface area contributed by atoms with Crippen LogP contribution in [-0.2, 0) is 48.0 Å². The predicted molar refractivity (Wildman–Crippen MR) is 213 cm³/mol. The van der Waals surface area contributed by atoms with Crippen molar-refractivity contribution < 1.29 is 43.0 Å². The van der Waals surface area contributed by atoms with E-state index in [4.69, 9.17) is 14.2 Å². The number of hydrogen-bond donors (Lipinski definition) is 3. The molecule has 3 aromatic rings. The summed E-state index contributed by atoms with van der Waals surface area (Å²) < 4.78 is 17.1. The molecule has 15 heteroatoms. The number of amides is 6.